The molecule has 0 atom stereocenters. The molecule has 0 saturated heterocycles. The van der Waals surface area contributed by atoms with Gasteiger partial charge in [-0.2, -0.15) is 5.26 Å². The molecule has 1 aromatic heterocycles. The molecule has 0 unspecified atom stereocenters. The van der Waals surface area contributed by atoms with E-state index in [1.165, 1.54) is 21.9 Å². The minimum absolute atomic E-state index is 0.678. The van der Waals surface area contributed by atoms with Gasteiger partial charge < -0.3 is 0 Å². The van der Waals surface area contributed by atoms with Crippen molar-refractivity contribution in [2.45, 2.75) is 26.6 Å². The molecular formula is C30H26N2Si. The number of rotatable bonds is 3. The third-order valence-electron chi connectivity index (χ3n) is 6.43. The predicted octanol–water partition coefficient (Wildman–Crippen LogP) is 7.45. The lowest BCUT2D eigenvalue weighted by molar-refractivity contribution is 1.35. The number of hydrogen-bond donors (Lipinski definition) is 0. The Morgan fingerprint density at radius 1 is 0.758 bits per heavy atom. The summed E-state index contributed by atoms with van der Waals surface area (Å²) >= 11 is 0. The first-order valence-corrected chi connectivity index (χ1v) is 14.8. The third-order valence-corrected chi connectivity index (χ3v) is 8.49. The molecule has 0 spiro atoms. The van der Waals surface area contributed by atoms with Crippen molar-refractivity contribution in [3.63, 3.8) is 0 Å². The van der Waals surface area contributed by atoms with Crippen LogP contribution in [0.2, 0.25) is 19.6 Å². The maximum absolute atomic E-state index is 9.73. The number of aryl methyl sites for hydroxylation is 1. The molecule has 3 heteroatoms. The van der Waals surface area contributed by atoms with Crippen molar-refractivity contribution in [2.75, 3.05) is 0 Å². The van der Waals surface area contributed by atoms with Gasteiger partial charge in [-0.1, -0.05) is 73.4 Å². The van der Waals surface area contributed by atoms with Gasteiger partial charge in [-0.15, -0.1) is 0 Å². The van der Waals surface area contributed by atoms with E-state index >= 15 is 0 Å². The summed E-state index contributed by atoms with van der Waals surface area (Å²) in [6, 6.07) is 30.2. The number of nitrogens with zero attached hydrogens (tertiary/aromatic N) is 2. The highest BCUT2D eigenvalue weighted by atomic mass is 28.3. The molecular weight excluding hydrogens is 416 g/mol. The van der Waals surface area contributed by atoms with Gasteiger partial charge in [0.25, 0.3) is 0 Å². The van der Waals surface area contributed by atoms with Crippen molar-refractivity contribution in [1.82, 2.24) is 4.98 Å². The predicted molar refractivity (Wildman–Crippen MR) is 143 cm³/mol. The van der Waals surface area contributed by atoms with Crippen LogP contribution in [0.25, 0.3) is 43.9 Å². The highest BCUT2D eigenvalue weighted by molar-refractivity contribution is 6.88. The number of fused-ring (bicyclic) bond motifs is 2. The van der Waals surface area contributed by atoms with Gasteiger partial charge in [-0.05, 0) is 70.1 Å². The lowest BCUT2D eigenvalue weighted by Crippen LogP contribution is -2.37. The van der Waals surface area contributed by atoms with E-state index in [1.807, 2.05) is 30.5 Å². The second-order valence-electron chi connectivity index (χ2n) is 9.73. The molecule has 0 bridgehead atoms. The van der Waals surface area contributed by atoms with Gasteiger partial charge in [-0.3, -0.25) is 4.98 Å². The van der Waals surface area contributed by atoms with E-state index in [4.69, 9.17) is 4.98 Å². The molecule has 0 aliphatic rings. The van der Waals surface area contributed by atoms with Gasteiger partial charge in [0, 0.05) is 17.1 Å². The lowest BCUT2D eigenvalue weighted by atomic mass is 9.93. The molecule has 0 amide bonds. The minimum atomic E-state index is -1.32. The van der Waals surface area contributed by atoms with E-state index in [1.54, 1.807) is 0 Å². The van der Waals surface area contributed by atoms with Crippen LogP contribution < -0.4 is 5.19 Å². The molecule has 5 rings (SSSR count). The minimum Gasteiger partial charge on any atom is -0.256 e. The molecule has 0 aliphatic carbocycles. The third kappa shape index (κ3) is 3.84. The number of aromatic nitrogens is 1. The first kappa shape index (κ1) is 21.1. The van der Waals surface area contributed by atoms with Crippen molar-refractivity contribution in [2.24, 2.45) is 0 Å². The average Bonchev–Trinajstić information content (AvgIpc) is 2.82. The Hall–Kier alpha value is -3.74. The van der Waals surface area contributed by atoms with E-state index < -0.39 is 8.07 Å². The second-order valence-corrected chi connectivity index (χ2v) is 14.8. The van der Waals surface area contributed by atoms with Crippen LogP contribution in [-0.2, 0) is 0 Å². The van der Waals surface area contributed by atoms with Crippen molar-refractivity contribution >= 4 is 34.8 Å². The van der Waals surface area contributed by atoms with E-state index in [2.05, 4.69) is 87.2 Å². The SMILES string of the molecule is Cc1cc2c(-c3cc(C#N)c4ccccc4c3)nccc2cc1-c1ccc([Si](C)(C)C)cc1. The molecule has 5 aromatic rings. The Bertz CT molecular complexity index is 1550. The van der Waals surface area contributed by atoms with Gasteiger partial charge in [0.05, 0.1) is 25.4 Å². The normalized spacial score (nSPS) is 11.6. The summed E-state index contributed by atoms with van der Waals surface area (Å²) in [5, 5.41) is 15.5. The topological polar surface area (TPSA) is 36.7 Å². The Labute approximate surface area is 196 Å². The van der Waals surface area contributed by atoms with Crippen LogP contribution in [0.1, 0.15) is 11.1 Å². The molecule has 160 valence electrons. The van der Waals surface area contributed by atoms with Crippen molar-refractivity contribution < 1.29 is 0 Å². The smallest absolute Gasteiger partial charge is 0.0998 e. The second kappa shape index (κ2) is 7.99. The molecule has 0 aliphatic heterocycles. The molecule has 2 nitrogen and oxygen atoms in total. The lowest BCUT2D eigenvalue weighted by Gasteiger charge is -2.17. The van der Waals surface area contributed by atoms with Gasteiger partial charge in [0.15, 0.2) is 0 Å². The van der Waals surface area contributed by atoms with E-state index in [0.717, 1.165) is 32.8 Å². The van der Waals surface area contributed by atoms with Crippen LogP contribution >= 0.6 is 0 Å². The number of hydrogen-bond acceptors (Lipinski definition) is 2. The van der Waals surface area contributed by atoms with Crippen molar-refractivity contribution in [3.8, 4) is 28.5 Å². The van der Waals surface area contributed by atoms with Crippen LogP contribution in [0, 0.1) is 18.3 Å². The zero-order valence-electron chi connectivity index (χ0n) is 19.5. The molecule has 4 aromatic carbocycles. The molecule has 1 heterocycles. The van der Waals surface area contributed by atoms with Gasteiger partial charge in [0.2, 0.25) is 0 Å². The summed E-state index contributed by atoms with van der Waals surface area (Å²) in [6.45, 7) is 9.30. The highest BCUT2D eigenvalue weighted by Gasteiger charge is 2.17. The Kier molecular flexibility index (Phi) is 5.11. The zero-order chi connectivity index (χ0) is 23.2. The Morgan fingerprint density at radius 3 is 2.21 bits per heavy atom. The Balaban J connectivity index is 1.66. The average molecular weight is 443 g/mol. The number of benzene rings is 4. The van der Waals surface area contributed by atoms with Gasteiger partial charge in [-0.25, -0.2) is 0 Å². The molecule has 33 heavy (non-hydrogen) atoms. The van der Waals surface area contributed by atoms with Crippen LogP contribution in [-0.4, -0.2) is 13.1 Å². The van der Waals surface area contributed by atoms with Crippen molar-refractivity contribution in [1.29, 1.82) is 5.26 Å². The summed E-state index contributed by atoms with van der Waals surface area (Å²) in [6.07, 6.45) is 1.87. The van der Waals surface area contributed by atoms with Crippen LogP contribution in [0.15, 0.2) is 85.1 Å². The fraction of sp³-hybridized carbons (Fsp3) is 0.133. The largest absolute Gasteiger partial charge is 0.256 e. The maximum Gasteiger partial charge on any atom is 0.0998 e. The maximum atomic E-state index is 9.73. The first-order chi connectivity index (χ1) is 15.8. The first-order valence-electron chi connectivity index (χ1n) is 11.3. The fourth-order valence-corrected chi connectivity index (χ4v) is 5.73. The quantitative estimate of drug-likeness (QED) is 0.272. The van der Waals surface area contributed by atoms with Gasteiger partial charge in [0.1, 0.15) is 0 Å². The highest BCUT2D eigenvalue weighted by Crippen LogP contribution is 2.34. The summed E-state index contributed by atoms with van der Waals surface area (Å²) in [4.78, 5) is 4.74. The molecule has 0 fully saturated rings. The standard InChI is InChI=1S/C30H26N2Si/c1-20-15-29-23(18-28(20)21-9-11-26(12-10-21)33(2,3)4)13-14-32-30(29)24-16-22-7-5-6-8-27(22)25(17-24)19-31/h5-18H,1-4H3. The van der Waals surface area contributed by atoms with Crippen LogP contribution in [0.5, 0.6) is 0 Å². The summed E-state index contributed by atoms with van der Waals surface area (Å²) in [5.41, 5.74) is 6.28. The number of pyridine rings is 1. The molecule has 0 saturated carbocycles. The zero-order valence-corrected chi connectivity index (χ0v) is 20.5. The van der Waals surface area contributed by atoms with E-state index in [0.29, 0.717) is 5.56 Å². The molecule has 0 radical (unpaired) electrons. The summed E-state index contributed by atoms with van der Waals surface area (Å²) in [5.74, 6) is 0. The van der Waals surface area contributed by atoms with Crippen molar-refractivity contribution in [3.05, 3.63) is 96.2 Å². The summed E-state index contributed by atoms with van der Waals surface area (Å²) < 4.78 is 0. The monoisotopic (exact) mass is 442 g/mol. The molecule has 0 N–H and O–H groups in total. The number of nitriles is 1. The van der Waals surface area contributed by atoms with Gasteiger partial charge >= 0.3 is 0 Å². The Morgan fingerprint density at radius 2 is 1.48 bits per heavy atom. The fourth-order valence-electron chi connectivity index (χ4n) is 4.56. The van der Waals surface area contributed by atoms with Crippen LogP contribution in [0.4, 0.5) is 0 Å². The van der Waals surface area contributed by atoms with E-state index in [9.17, 15) is 5.26 Å². The summed E-state index contributed by atoms with van der Waals surface area (Å²) in [7, 11) is -1.32. The van der Waals surface area contributed by atoms with Crippen LogP contribution in [0.3, 0.4) is 0 Å². The van der Waals surface area contributed by atoms with E-state index in [-0.39, 0.29) is 0 Å².